The normalized spacial score (nSPS) is 10.8. The predicted octanol–water partition coefficient (Wildman–Crippen LogP) is 5.31. The Balaban J connectivity index is 1.27. The van der Waals surface area contributed by atoms with Gasteiger partial charge in [0.2, 0.25) is 0 Å². The lowest BCUT2D eigenvalue weighted by atomic mass is 10.1. The van der Waals surface area contributed by atoms with Crippen molar-refractivity contribution in [3.63, 3.8) is 0 Å². The maximum absolute atomic E-state index is 12.9. The Morgan fingerprint density at radius 1 is 0.857 bits per heavy atom. The van der Waals surface area contributed by atoms with Crippen molar-refractivity contribution < 1.29 is 9.59 Å². The molecule has 0 aliphatic heterocycles. The first-order chi connectivity index (χ1) is 17.0. The number of fused-ring (bicyclic) bond motifs is 1. The lowest BCUT2D eigenvalue weighted by Crippen LogP contribution is -2.19. The fraction of sp³-hybridized carbons (Fsp3) is 0.0400. The number of hydrogen-bond acceptors (Lipinski definition) is 4. The van der Waals surface area contributed by atoms with Crippen molar-refractivity contribution in [2.75, 3.05) is 16.0 Å². The highest BCUT2D eigenvalue weighted by molar-refractivity contribution is 6.33. The predicted molar refractivity (Wildman–Crippen MR) is 136 cm³/mol. The number of halogens is 1. The number of benzene rings is 3. The Labute approximate surface area is 205 Å². The van der Waals surface area contributed by atoms with Gasteiger partial charge in [0.05, 0.1) is 46.2 Å². The maximum Gasteiger partial charge on any atom is 0.323 e. The van der Waals surface area contributed by atoms with Crippen molar-refractivity contribution in [1.29, 1.82) is 0 Å². The van der Waals surface area contributed by atoms with E-state index < -0.39 is 6.03 Å². The summed E-state index contributed by atoms with van der Waals surface area (Å²) in [4.78, 5) is 25.2. The van der Waals surface area contributed by atoms with E-state index in [1.54, 1.807) is 64.2 Å². The van der Waals surface area contributed by atoms with Gasteiger partial charge in [0.25, 0.3) is 5.91 Å². The third kappa shape index (κ3) is 4.85. The molecule has 10 heteroatoms. The molecule has 0 aliphatic rings. The quantitative estimate of drug-likeness (QED) is 0.313. The standard InChI is InChI=1S/C25H20ClN7O2/c1-32-23-10-9-18(11-17(23)13-27-32)29-24(34)16-5-4-6-20(12-16)33-15-19(14-28-33)30-25(35)31-22-8-3-2-7-21(22)26/h2-15H,1H3,(H,29,34)(H2,30,31,35). The van der Waals surface area contributed by atoms with Crippen LogP contribution in [0.5, 0.6) is 0 Å². The summed E-state index contributed by atoms with van der Waals surface area (Å²) < 4.78 is 3.35. The van der Waals surface area contributed by atoms with Gasteiger partial charge in [0, 0.05) is 23.7 Å². The second-order valence-corrected chi connectivity index (χ2v) is 8.19. The van der Waals surface area contributed by atoms with Gasteiger partial charge in [0.1, 0.15) is 0 Å². The van der Waals surface area contributed by atoms with E-state index in [0.717, 1.165) is 10.9 Å². The molecule has 5 rings (SSSR count). The van der Waals surface area contributed by atoms with E-state index in [-0.39, 0.29) is 5.91 Å². The van der Waals surface area contributed by atoms with Crippen molar-refractivity contribution in [1.82, 2.24) is 19.6 Å². The number of urea groups is 1. The molecule has 0 aliphatic carbocycles. The monoisotopic (exact) mass is 485 g/mol. The topological polar surface area (TPSA) is 106 Å². The highest BCUT2D eigenvalue weighted by Gasteiger charge is 2.11. The number of rotatable bonds is 5. The number of nitrogens with zero attached hydrogens (tertiary/aromatic N) is 4. The summed E-state index contributed by atoms with van der Waals surface area (Å²) in [6.45, 7) is 0. The lowest BCUT2D eigenvalue weighted by Gasteiger charge is -2.08. The molecule has 3 aromatic carbocycles. The van der Waals surface area contributed by atoms with E-state index in [1.165, 1.54) is 6.20 Å². The van der Waals surface area contributed by atoms with Crippen LogP contribution in [0.3, 0.4) is 0 Å². The van der Waals surface area contributed by atoms with Crippen LogP contribution in [0.1, 0.15) is 10.4 Å². The third-order valence-electron chi connectivity index (χ3n) is 5.34. The molecule has 2 aromatic heterocycles. The molecule has 0 radical (unpaired) electrons. The summed E-state index contributed by atoms with van der Waals surface area (Å²) in [5.74, 6) is -0.250. The SMILES string of the molecule is Cn1ncc2cc(NC(=O)c3cccc(-n4cc(NC(=O)Nc5ccccc5Cl)cn4)c3)ccc21. The van der Waals surface area contributed by atoms with Crippen LogP contribution in [0.2, 0.25) is 5.02 Å². The van der Waals surface area contributed by atoms with Crippen molar-refractivity contribution in [2.24, 2.45) is 7.05 Å². The number of nitrogens with one attached hydrogen (secondary N) is 3. The second kappa shape index (κ2) is 9.32. The minimum atomic E-state index is -0.448. The summed E-state index contributed by atoms with van der Waals surface area (Å²) >= 11 is 6.08. The summed E-state index contributed by atoms with van der Waals surface area (Å²) in [6.07, 6.45) is 4.92. The molecular weight excluding hydrogens is 466 g/mol. The molecule has 0 unspecified atom stereocenters. The van der Waals surface area contributed by atoms with Crippen LogP contribution in [0.4, 0.5) is 21.9 Å². The maximum atomic E-state index is 12.9. The largest absolute Gasteiger partial charge is 0.323 e. The first-order valence-electron chi connectivity index (χ1n) is 10.7. The molecule has 3 amide bonds. The van der Waals surface area contributed by atoms with Gasteiger partial charge in [-0.15, -0.1) is 0 Å². The number of aromatic nitrogens is 4. The van der Waals surface area contributed by atoms with Crippen LogP contribution in [-0.4, -0.2) is 31.5 Å². The molecule has 2 heterocycles. The summed E-state index contributed by atoms with van der Waals surface area (Å²) in [5, 5.41) is 18.2. The van der Waals surface area contributed by atoms with Gasteiger partial charge in [-0.25, -0.2) is 9.48 Å². The number of carbonyl (C=O) groups excluding carboxylic acids is 2. The van der Waals surface area contributed by atoms with Crippen LogP contribution >= 0.6 is 11.6 Å². The number of anilines is 3. The molecule has 0 fully saturated rings. The molecular formula is C25H20ClN7O2. The number of amides is 3. The van der Waals surface area contributed by atoms with Crippen molar-refractivity contribution in [3.8, 4) is 5.69 Å². The molecule has 0 spiro atoms. The van der Waals surface area contributed by atoms with Crippen molar-refractivity contribution >= 4 is 51.5 Å². The number of para-hydroxylation sites is 1. The van der Waals surface area contributed by atoms with E-state index in [1.807, 2.05) is 31.3 Å². The van der Waals surface area contributed by atoms with Gasteiger partial charge in [-0.3, -0.25) is 9.48 Å². The van der Waals surface area contributed by atoms with Crippen LogP contribution in [-0.2, 0) is 7.05 Å². The van der Waals surface area contributed by atoms with Gasteiger partial charge < -0.3 is 16.0 Å². The Hall–Kier alpha value is -4.63. The first kappa shape index (κ1) is 22.2. The minimum Gasteiger partial charge on any atom is -0.322 e. The molecule has 9 nitrogen and oxygen atoms in total. The smallest absolute Gasteiger partial charge is 0.322 e. The molecule has 0 saturated heterocycles. The zero-order valence-electron chi connectivity index (χ0n) is 18.6. The molecule has 3 N–H and O–H groups in total. The fourth-order valence-corrected chi connectivity index (χ4v) is 3.79. The number of aryl methyl sites for hydroxylation is 1. The molecule has 35 heavy (non-hydrogen) atoms. The van der Waals surface area contributed by atoms with Crippen molar-refractivity contribution in [2.45, 2.75) is 0 Å². The Kier molecular flexibility index (Phi) is 5.90. The second-order valence-electron chi connectivity index (χ2n) is 7.78. The third-order valence-corrected chi connectivity index (χ3v) is 5.67. The van der Waals surface area contributed by atoms with E-state index in [2.05, 4.69) is 26.1 Å². The van der Waals surface area contributed by atoms with Crippen molar-refractivity contribution in [3.05, 3.63) is 95.9 Å². The molecule has 0 atom stereocenters. The zero-order chi connectivity index (χ0) is 24.4. The van der Waals surface area contributed by atoms with Crippen LogP contribution in [0.15, 0.2) is 85.3 Å². The Morgan fingerprint density at radius 3 is 2.57 bits per heavy atom. The van der Waals surface area contributed by atoms with Gasteiger partial charge in [-0.2, -0.15) is 10.2 Å². The van der Waals surface area contributed by atoms with E-state index in [9.17, 15) is 9.59 Å². The van der Waals surface area contributed by atoms with Crippen LogP contribution < -0.4 is 16.0 Å². The number of carbonyl (C=O) groups is 2. The van der Waals surface area contributed by atoms with Gasteiger partial charge in [-0.05, 0) is 48.5 Å². The molecule has 0 bridgehead atoms. The van der Waals surface area contributed by atoms with Crippen LogP contribution in [0.25, 0.3) is 16.6 Å². The zero-order valence-corrected chi connectivity index (χ0v) is 19.3. The molecule has 174 valence electrons. The highest BCUT2D eigenvalue weighted by atomic mass is 35.5. The average Bonchev–Trinajstić information content (AvgIpc) is 3.47. The Bertz CT molecular complexity index is 1560. The van der Waals surface area contributed by atoms with E-state index >= 15 is 0 Å². The minimum absolute atomic E-state index is 0.250. The number of hydrogen-bond donors (Lipinski definition) is 3. The highest BCUT2D eigenvalue weighted by Crippen LogP contribution is 2.22. The molecule has 0 saturated carbocycles. The Morgan fingerprint density at radius 2 is 1.71 bits per heavy atom. The summed E-state index contributed by atoms with van der Waals surface area (Å²) in [5.41, 5.74) is 3.77. The van der Waals surface area contributed by atoms with E-state index in [4.69, 9.17) is 11.6 Å². The lowest BCUT2D eigenvalue weighted by molar-refractivity contribution is 0.102. The fourth-order valence-electron chi connectivity index (χ4n) is 3.61. The van der Waals surface area contributed by atoms with Gasteiger partial charge in [-0.1, -0.05) is 29.8 Å². The van der Waals surface area contributed by atoms with Gasteiger partial charge >= 0.3 is 6.03 Å². The summed E-state index contributed by atoms with van der Waals surface area (Å²) in [7, 11) is 1.87. The van der Waals surface area contributed by atoms with Gasteiger partial charge in [0.15, 0.2) is 0 Å². The first-order valence-corrected chi connectivity index (χ1v) is 11.0. The summed E-state index contributed by atoms with van der Waals surface area (Å²) in [6, 6.07) is 19.2. The average molecular weight is 486 g/mol. The van der Waals surface area contributed by atoms with E-state index in [0.29, 0.717) is 33.3 Å². The van der Waals surface area contributed by atoms with Crippen LogP contribution in [0, 0.1) is 0 Å². The molecule has 5 aromatic rings.